The van der Waals surface area contributed by atoms with E-state index in [1.54, 1.807) is 0 Å². The van der Waals surface area contributed by atoms with Crippen molar-refractivity contribution in [1.82, 2.24) is 5.32 Å². The molecule has 0 spiro atoms. The SMILES string of the molecule is Cc1cc(C(=O)NCCCCCCCl)ccc1Br. The number of alkyl halides is 1. The van der Waals surface area contributed by atoms with Crippen molar-refractivity contribution < 1.29 is 4.79 Å². The molecule has 0 fully saturated rings. The van der Waals surface area contributed by atoms with E-state index >= 15 is 0 Å². The molecule has 0 aliphatic heterocycles. The van der Waals surface area contributed by atoms with E-state index in [-0.39, 0.29) is 5.91 Å². The van der Waals surface area contributed by atoms with Crippen LogP contribution in [0.4, 0.5) is 0 Å². The summed E-state index contributed by atoms with van der Waals surface area (Å²) in [5.41, 5.74) is 1.79. The first-order valence-corrected chi connectivity index (χ1v) is 7.58. The maximum atomic E-state index is 11.8. The van der Waals surface area contributed by atoms with Gasteiger partial charge in [-0.3, -0.25) is 4.79 Å². The van der Waals surface area contributed by atoms with E-state index in [1.165, 1.54) is 0 Å². The van der Waals surface area contributed by atoms with Gasteiger partial charge in [0, 0.05) is 22.5 Å². The first-order chi connectivity index (χ1) is 8.65. The highest BCUT2D eigenvalue weighted by Gasteiger charge is 2.05. The fraction of sp³-hybridized carbons (Fsp3) is 0.500. The Morgan fingerprint density at radius 1 is 1.28 bits per heavy atom. The maximum absolute atomic E-state index is 11.8. The van der Waals surface area contributed by atoms with Gasteiger partial charge in [0.25, 0.3) is 5.91 Å². The summed E-state index contributed by atoms with van der Waals surface area (Å²) in [6, 6.07) is 5.64. The van der Waals surface area contributed by atoms with Crippen molar-refractivity contribution in [2.24, 2.45) is 0 Å². The highest BCUT2D eigenvalue weighted by atomic mass is 79.9. The van der Waals surface area contributed by atoms with Gasteiger partial charge in [0.05, 0.1) is 0 Å². The molecule has 1 aromatic carbocycles. The van der Waals surface area contributed by atoms with Crippen LogP contribution in [-0.2, 0) is 0 Å². The molecule has 0 aliphatic carbocycles. The van der Waals surface area contributed by atoms with Crippen LogP contribution in [0.5, 0.6) is 0 Å². The van der Waals surface area contributed by atoms with Crippen molar-refractivity contribution in [3.05, 3.63) is 33.8 Å². The molecule has 1 amide bonds. The van der Waals surface area contributed by atoms with Crippen molar-refractivity contribution in [2.45, 2.75) is 32.6 Å². The second-order valence-electron chi connectivity index (χ2n) is 4.32. The lowest BCUT2D eigenvalue weighted by atomic mass is 10.1. The van der Waals surface area contributed by atoms with Crippen LogP contribution >= 0.6 is 27.5 Å². The lowest BCUT2D eigenvalue weighted by molar-refractivity contribution is 0.0953. The normalized spacial score (nSPS) is 10.4. The minimum Gasteiger partial charge on any atom is -0.352 e. The molecule has 100 valence electrons. The molecule has 1 N–H and O–H groups in total. The minimum atomic E-state index is 0.00273. The lowest BCUT2D eigenvalue weighted by Gasteiger charge is -2.06. The van der Waals surface area contributed by atoms with Crippen LogP contribution < -0.4 is 5.32 Å². The summed E-state index contributed by atoms with van der Waals surface area (Å²) in [7, 11) is 0. The van der Waals surface area contributed by atoms with Gasteiger partial charge in [-0.05, 0) is 43.5 Å². The molecule has 1 rings (SSSR count). The van der Waals surface area contributed by atoms with Gasteiger partial charge in [-0.1, -0.05) is 28.8 Å². The van der Waals surface area contributed by atoms with Crippen LogP contribution in [0.2, 0.25) is 0 Å². The first kappa shape index (κ1) is 15.5. The number of nitrogens with one attached hydrogen (secondary N) is 1. The van der Waals surface area contributed by atoms with E-state index in [1.807, 2.05) is 25.1 Å². The Kier molecular flexibility index (Phi) is 7.36. The highest BCUT2D eigenvalue weighted by molar-refractivity contribution is 9.10. The molecule has 0 atom stereocenters. The number of hydrogen-bond donors (Lipinski definition) is 1. The largest absolute Gasteiger partial charge is 0.352 e. The summed E-state index contributed by atoms with van der Waals surface area (Å²) in [4.78, 5) is 11.8. The monoisotopic (exact) mass is 331 g/mol. The van der Waals surface area contributed by atoms with Gasteiger partial charge in [0.15, 0.2) is 0 Å². The van der Waals surface area contributed by atoms with Crippen LogP contribution in [0, 0.1) is 6.92 Å². The summed E-state index contributed by atoms with van der Waals surface area (Å²) >= 11 is 9.02. The molecule has 0 radical (unpaired) electrons. The fourth-order valence-corrected chi connectivity index (χ4v) is 2.10. The van der Waals surface area contributed by atoms with Crippen molar-refractivity contribution >= 4 is 33.4 Å². The average Bonchev–Trinajstić information content (AvgIpc) is 2.36. The van der Waals surface area contributed by atoms with Gasteiger partial charge in [-0.2, -0.15) is 0 Å². The lowest BCUT2D eigenvalue weighted by Crippen LogP contribution is -2.24. The van der Waals surface area contributed by atoms with E-state index in [0.717, 1.165) is 53.7 Å². The van der Waals surface area contributed by atoms with E-state index in [4.69, 9.17) is 11.6 Å². The molecule has 0 aromatic heterocycles. The topological polar surface area (TPSA) is 29.1 Å². The number of unbranched alkanes of at least 4 members (excludes halogenated alkanes) is 3. The third-order valence-corrected chi connectivity index (χ3v) is 3.92. The predicted molar refractivity (Wildman–Crippen MR) is 80.4 cm³/mol. The highest BCUT2D eigenvalue weighted by Crippen LogP contribution is 2.16. The van der Waals surface area contributed by atoms with Gasteiger partial charge in [0.2, 0.25) is 0 Å². The quantitative estimate of drug-likeness (QED) is 0.586. The van der Waals surface area contributed by atoms with Crippen LogP contribution in [0.15, 0.2) is 22.7 Å². The van der Waals surface area contributed by atoms with E-state index in [0.29, 0.717) is 0 Å². The van der Waals surface area contributed by atoms with Crippen LogP contribution in [0.25, 0.3) is 0 Å². The number of hydrogen-bond acceptors (Lipinski definition) is 1. The molecule has 0 unspecified atom stereocenters. The third-order valence-electron chi connectivity index (χ3n) is 2.77. The number of carbonyl (C=O) groups is 1. The van der Waals surface area contributed by atoms with Crippen LogP contribution in [-0.4, -0.2) is 18.3 Å². The molecule has 0 saturated heterocycles. The number of rotatable bonds is 7. The van der Waals surface area contributed by atoms with Crippen LogP contribution in [0.1, 0.15) is 41.6 Å². The zero-order chi connectivity index (χ0) is 13.4. The first-order valence-electron chi connectivity index (χ1n) is 6.25. The van der Waals surface area contributed by atoms with Crippen molar-refractivity contribution in [3.8, 4) is 0 Å². The van der Waals surface area contributed by atoms with Gasteiger partial charge < -0.3 is 5.32 Å². The van der Waals surface area contributed by atoms with Crippen molar-refractivity contribution in [1.29, 1.82) is 0 Å². The van der Waals surface area contributed by atoms with E-state index < -0.39 is 0 Å². The second kappa shape index (κ2) is 8.54. The number of aryl methyl sites for hydroxylation is 1. The number of amides is 1. The number of carbonyl (C=O) groups excluding carboxylic acids is 1. The van der Waals surface area contributed by atoms with Gasteiger partial charge in [-0.15, -0.1) is 11.6 Å². The Labute approximate surface area is 122 Å². The van der Waals surface area contributed by atoms with Crippen molar-refractivity contribution in [3.63, 3.8) is 0 Å². The Hall–Kier alpha value is -0.540. The molecular weight excluding hydrogens is 314 g/mol. The third kappa shape index (κ3) is 5.40. The average molecular weight is 333 g/mol. The molecule has 18 heavy (non-hydrogen) atoms. The van der Waals surface area contributed by atoms with Crippen molar-refractivity contribution in [2.75, 3.05) is 12.4 Å². The van der Waals surface area contributed by atoms with E-state index in [9.17, 15) is 4.79 Å². The Morgan fingerprint density at radius 3 is 2.67 bits per heavy atom. The summed E-state index contributed by atoms with van der Waals surface area (Å²) in [6.45, 7) is 2.71. The molecule has 4 heteroatoms. The summed E-state index contributed by atoms with van der Waals surface area (Å²) < 4.78 is 1.03. The van der Waals surface area contributed by atoms with Gasteiger partial charge in [0.1, 0.15) is 0 Å². The summed E-state index contributed by atoms with van der Waals surface area (Å²) in [5, 5.41) is 2.94. The maximum Gasteiger partial charge on any atom is 0.251 e. The molecule has 0 aliphatic rings. The summed E-state index contributed by atoms with van der Waals surface area (Å²) in [6.07, 6.45) is 4.32. The smallest absolute Gasteiger partial charge is 0.251 e. The Balaban J connectivity index is 2.30. The standard InChI is InChI=1S/C14H19BrClNO/c1-11-10-12(6-7-13(11)15)14(18)17-9-5-3-2-4-8-16/h6-7,10H,2-5,8-9H2,1H3,(H,17,18). The Morgan fingerprint density at radius 2 is 2.00 bits per heavy atom. The zero-order valence-corrected chi connectivity index (χ0v) is 13.0. The minimum absolute atomic E-state index is 0.00273. The Bertz CT molecular complexity index is 395. The number of benzene rings is 1. The molecular formula is C14H19BrClNO. The fourth-order valence-electron chi connectivity index (χ4n) is 1.66. The predicted octanol–water partition coefficient (Wildman–Crippen LogP) is 4.29. The van der Waals surface area contributed by atoms with E-state index in [2.05, 4.69) is 21.2 Å². The van der Waals surface area contributed by atoms with Gasteiger partial charge >= 0.3 is 0 Å². The van der Waals surface area contributed by atoms with Crippen LogP contribution in [0.3, 0.4) is 0 Å². The molecule has 0 heterocycles. The van der Waals surface area contributed by atoms with Gasteiger partial charge in [-0.25, -0.2) is 0 Å². The molecule has 0 bridgehead atoms. The zero-order valence-electron chi connectivity index (χ0n) is 10.6. The molecule has 2 nitrogen and oxygen atoms in total. The summed E-state index contributed by atoms with van der Waals surface area (Å²) in [5.74, 6) is 0.729. The number of halogens is 2. The molecule has 0 saturated carbocycles. The second-order valence-corrected chi connectivity index (χ2v) is 5.56. The molecule has 1 aromatic rings.